The van der Waals surface area contributed by atoms with Gasteiger partial charge in [0.15, 0.2) is 0 Å². The first-order valence-electron chi connectivity index (χ1n) is 6.78. The second-order valence-corrected chi connectivity index (χ2v) is 7.55. The summed E-state index contributed by atoms with van der Waals surface area (Å²) in [6.07, 6.45) is 6.23. The van der Waals surface area contributed by atoms with Gasteiger partial charge in [0.05, 0.1) is 5.75 Å². The van der Waals surface area contributed by atoms with Crippen LogP contribution in [0.2, 0.25) is 0 Å². The van der Waals surface area contributed by atoms with Gasteiger partial charge >= 0.3 is 0 Å². The fraction of sp³-hybridized carbons (Fsp3) is 1.00. The Hall–Kier alpha value is -0.130. The minimum atomic E-state index is -3.11. The number of nitrogens with zero attached hydrogens (tertiary/aromatic N) is 1. The smallest absolute Gasteiger partial charge is 0.215 e. The van der Waals surface area contributed by atoms with Gasteiger partial charge in [0.2, 0.25) is 10.0 Å². The lowest BCUT2D eigenvalue weighted by atomic mass is 10.1. The average Bonchev–Trinajstić information content (AvgIpc) is 2.87. The van der Waals surface area contributed by atoms with Crippen LogP contribution in [-0.2, 0) is 10.0 Å². The molecule has 1 saturated heterocycles. The maximum Gasteiger partial charge on any atom is 0.215 e. The summed E-state index contributed by atoms with van der Waals surface area (Å²) in [6, 6.07) is 0.0856. The lowest BCUT2D eigenvalue weighted by molar-refractivity contribution is 0.332. The Kier molecular flexibility index (Phi) is 4.10. The van der Waals surface area contributed by atoms with Gasteiger partial charge in [-0.15, -0.1) is 0 Å². The topological polar surface area (TPSA) is 63.4 Å². The maximum absolute atomic E-state index is 12.2. The molecule has 0 amide bonds. The van der Waals surface area contributed by atoms with Gasteiger partial charge in [-0.25, -0.2) is 8.42 Å². The lowest BCUT2D eigenvalue weighted by Gasteiger charge is -2.27. The first-order valence-corrected chi connectivity index (χ1v) is 8.39. The second kappa shape index (κ2) is 5.24. The van der Waals surface area contributed by atoms with Gasteiger partial charge in [0.25, 0.3) is 0 Å². The molecule has 3 unspecified atom stereocenters. The van der Waals surface area contributed by atoms with Crippen molar-refractivity contribution in [2.24, 2.45) is 11.7 Å². The van der Waals surface area contributed by atoms with E-state index in [1.165, 1.54) is 6.42 Å². The highest BCUT2D eigenvalue weighted by molar-refractivity contribution is 7.89. The SMILES string of the molecule is CCCCC(N)CS(=O)(=O)N1CC2CCC1C2. The fourth-order valence-corrected chi connectivity index (χ4v) is 5.12. The second-order valence-electron chi connectivity index (χ2n) is 5.58. The predicted octanol–water partition coefficient (Wildman–Crippen LogP) is 1.32. The third-order valence-electron chi connectivity index (χ3n) is 4.07. The molecule has 2 bridgehead atoms. The predicted molar refractivity (Wildman–Crippen MR) is 69.1 cm³/mol. The zero-order chi connectivity index (χ0) is 12.5. The maximum atomic E-state index is 12.2. The van der Waals surface area contributed by atoms with Gasteiger partial charge in [0.1, 0.15) is 0 Å². The highest BCUT2D eigenvalue weighted by Crippen LogP contribution is 2.39. The van der Waals surface area contributed by atoms with Crippen molar-refractivity contribution in [3.8, 4) is 0 Å². The fourth-order valence-electron chi connectivity index (χ4n) is 3.14. The van der Waals surface area contributed by atoms with Crippen molar-refractivity contribution >= 4 is 10.0 Å². The molecular formula is C12H24N2O2S. The number of nitrogens with two attached hydrogens (primary N) is 1. The van der Waals surface area contributed by atoms with Gasteiger partial charge < -0.3 is 5.73 Å². The van der Waals surface area contributed by atoms with E-state index in [9.17, 15) is 8.42 Å². The van der Waals surface area contributed by atoms with Crippen molar-refractivity contribution in [3.05, 3.63) is 0 Å². The van der Waals surface area contributed by atoms with Crippen LogP contribution in [0.25, 0.3) is 0 Å². The van der Waals surface area contributed by atoms with E-state index in [4.69, 9.17) is 5.73 Å². The van der Waals surface area contributed by atoms with Crippen LogP contribution in [0.5, 0.6) is 0 Å². The number of hydrogen-bond acceptors (Lipinski definition) is 3. The number of hydrogen-bond donors (Lipinski definition) is 1. The summed E-state index contributed by atoms with van der Waals surface area (Å²) in [5.74, 6) is 0.748. The molecule has 0 aromatic carbocycles. The Morgan fingerprint density at radius 3 is 2.71 bits per heavy atom. The van der Waals surface area contributed by atoms with Crippen molar-refractivity contribution in [2.45, 2.75) is 57.5 Å². The molecule has 5 heteroatoms. The number of fused-ring (bicyclic) bond motifs is 2. The zero-order valence-corrected chi connectivity index (χ0v) is 11.5. The van der Waals surface area contributed by atoms with E-state index in [2.05, 4.69) is 6.92 Å². The molecule has 1 heterocycles. The van der Waals surface area contributed by atoms with Crippen LogP contribution in [-0.4, -0.2) is 37.1 Å². The van der Waals surface area contributed by atoms with Crippen molar-refractivity contribution < 1.29 is 8.42 Å². The molecule has 2 aliphatic rings. The Morgan fingerprint density at radius 2 is 2.18 bits per heavy atom. The number of sulfonamides is 1. The Morgan fingerprint density at radius 1 is 1.41 bits per heavy atom. The summed E-state index contributed by atoms with van der Waals surface area (Å²) < 4.78 is 26.2. The largest absolute Gasteiger partial charge is 0.327 e. The molecule has 17 heavy (non-hydrogen) atoms. The van der Waals surface area contributed by atoms with Gasteiger partial charge in [-0.05, 0) is 31.6 Å². The van der Waals surface area contributed by atoms with Crippen LogP contribution < -0.4 is 5.73 Å². The molecule has 0 radical (unpaired) electrons. The average molecular weight is 260 g/mol. The molecule has 1 aliphatic carbocycles. The molecule has 1 saturated carbocycles. The van der Waals surface area contributed by atoms with E-state index >= 15 is 0 Å². The molecule has 0 aromatic rings. The number of piperidine rings is 1. The quantitative estimate of drug-likeness (QED) is 0.783. The van der Waals surface area contributed by atoms with Crippen molar-refractivity contribution in [2.75, 3.05) is 12.3 Å². The van der Waals surface area contributed by atoms with E-state index in [1.807, 2.05) is 0 Å². The monoisotopic (exact) mass is 260 g/mol. The molecule has 2 N–H and O–H groups in total. The minimum absolute atomic E-state index is 0.135. The summed E-state index contributed by atoms with van der Waals surface area (Å²) >= 11 is 0. The van der Waals surface area contributed by atoms with E-state index in [-0.39, 0.29) is 17.8 Å². The number of unbranched alkanes of at least 4 members (excludes halogenated alkanes) is 1. The van der Waals surface area contributed by atoms with Crippen LogP contribution in [0.4, 0.5) is 0 Å². The third kappa shape index (κ3) is 3.01. The molecule has 0 aromatic heterocycles. The lowest BCUT2D eigenvalue weighted by Crippen LogP contribution is -2.43. The van der Waals surface area contributed by atoms with E-state index in [0.29, 0.717) is 5.92 Å². The van der Waals surface area contributed by atoms with Crippen LogP contribution >= 0.6 is 0 Å². The van der Waals surface area contributed by atoms with Crippen molar-refractivity contribution in [3.63, 3.8) is 0 Å². The Bertz CT molecular complexity index is 356. The summed E-state index contributed by atoms with van der Waals surface area (Å²) in [5, 5.41) is 0. The normalized spacial score (nSPS) is 30.9. The van der Waals surface area contributed by atoms with E-state index in [1.54, 1.807) is 4.31 Å². The number of rotatable bonds is 6. The summed E-state index contributed by atoms with van der Waals surface area (Å²) in [7, 11) is -3.11. The molecular weight excluding hydrogens is 236 g/mol. The summed E-state index contributed by atoms with van der Waals surface area (Å²) in [4.78, 5) is 0. The van der Waals surface area contributed by atoms with Gasteiger partial charge in [-0.3, -0.25) is 0 Å². The summed E-state index contributed by atoms with van der Waals surface area (Å²) in [6.45, 7) is 2.84. The highest BCUT2D eigenvalue weighted by Gasteiger charge is 2.43. The molecule has 0 spiro atoms. The molecule has 4 nitrogen and oxygen atoms in total. The third-order valence-corrected chi connectivity index (χ3v) is 6.08. The van der Waals surface area contributed by atoms with E-state index in [0.717, 1.165) is 38.6 Å². The molecule has 2 rings (SSSR count). The van der Waals surface area contributed by atoms with Crippen LogP contribution in [0.1, 0.15) is 45.4 Å². The van der Waals surface area contributed by atoms with Gasteiger partial charge in [-0.2, -0.15) is 4.31 Å². The molecule has 2 fully saturated rings. The summed E-state index contributed by atoms with van der Waals surface area (Å²) in [5.41, 5.74) is 5.91. The zero-order valence-electron chi connectivity index (χ0n) is 10.6. The Labute approximate surface area is 105 Å². The van der Waals surface area contributed by atoms with Crippen LogP contribution in [0.15, 0.2) is 0 Å². The Balaban J connectivity index is 1.90. The van der Waals surface area contributed by atoms with Gasteiger partial charge in [-0.1, -0.05) is 19.8 Å². The molecule has 1 aliphatic heterocycles. The highest BCUT2D eigenvalue weighted by atomic mass is 32.2. The first kappa shape index (κ1) is 13.3. The van der Waals surface area contributed by atoms with E-state index < -0.39 is 10.0 Å². The molecule has 3 atom stereocenters. The minimum Gasteiger partial charge on any atom is -0.327 e. The van der Waals surface area contributed by atoms with Gasteiger partial charge in [0, 0.05) is 18.6 Å². The van der Waals surface area contributed by atoms with Crippen LogP contribution in [0, 0.1) is 5.92 Å². The standard InChI is InChI=1S/C12H24N2O2S/c1-2-3-4-11(13)9-17(15,16)14-8-10-5-6-12(14)7-10/h10-12H,2-9,13H2,1H3. The first-order chi connectivity index (χ1) is 8.03. The van der Waals surface area contributed by atoms with Crippen LogP contribution in [0.3, 0.4) is 0 Å². The van der Waals surface area contributed by atoms with Crippen molar-refractivity contribution in [1.29, 1.82) is 0 Å². The molecule has 100 valence electrons. The van der Waals surface area contributed by atoms with Crippen molar-refractivity contribution in [1.82, 2.24) is 4.31 Å².